The molecule has 1 saturated heterocycles. The number of benzene rings is 1. The Hall–Kier alpha value is -2.89. The van der Waals surface area contributed by atoms with E-state index in [0.29, 0.717) is 37.4 Å². The molecule has 1 aliphatic heterocycles. The Labute approximate surface area is 152 Å². The van der Waals surface area contributed by atoms with Crippen LogP contribution >= 0.6 is 0 Å². The van der Waals surface area contributed by atoms with Gasteiger partial charge in [-0.3, -0.25) is 14.6 Å². The van der Waals surface area contributed by atoms with Crippen LogP contribution < -0.4 is 4.74 Å². The van der Waals surface area contributed by atoms with Crippen LogP contribution in [0.3, 0.4) is 0 Å². The zero-order valence-corrected chi connectivity index (χ0v) is 14.7. The lowest BCUT2D eigenvalue weighted by Gasteiger charge is -2.35. The third-order valence-electron chi connectivity index (χ3n) is 4.72. The highest BCUT2D eigenvalue weighted by Crippen LogP contribution is 2.25. The number of carbonyl (C=O) groups excluding carboxylic acids is 1. The summed E-state index contributed by atoms with van der Waals surface area (Å²) in [5.74, 6) is -0.695. The minimum Gasteiger partial charge on any atom is -0.489 e. The van der Waals surface area contributed by atoms with Crippen molar-refractivity contribution in [3.63, 3.8) is 0 Å². The molecule has 0 saturated carbocycles. The van der Waals surface area contributed by atoms with Gasteiger partial charge in [0.1, 0.15) is 12.4 Å². The summed E-state index contributed by atoms with van der Waals surface area (Å²) in [7, 11) is 0. The number of rotatable bonds is 5. The summed E-state index contributed by atoms with van der Waals surface area (Å²) in [6.07, 6.45) is 3.93. The van der Waals surface area contributed by atoms with Crippen molar-refractivity contribution in [3.8, 4) is 5.75 Å². The number of aromatic nitrogens is 1. The lowest BCUT2D eigenvalue weighted by molar-refractivity contribution is -0.145. The van der Waals surface area contributed by atoms with Crippen molar-refractivity contribution in [3.05, 3.63) is 59.9 Å². The molecule has 2 heterocycles. The van der Waals surface area contributed by atoms with Gasteiger partial charge in [-0.05, 0) is 36.6 Å². The molecular formula is C20H22N2O4. The minimum atomic E-state index is -0.782. The number of piperidine rings is 1. The summed E-state index contributed by atoms with van der Waals surface area (Å²) < 4.78 is 5.75. The van der Waals surface area contributed by atoms with E-state index in [1.807, 2.05) is 25.1 Å². The van der Waals surface area contributed by atoms with E-state index in [4.69, 9.17) is 4.74 Å². The Morgan fingerprint density at radius 2 is 2.15 bits per heavy atom. The van der Waals surface area contributed by atoms with Gasteiger partial charge in [0.25, 0.3) is 5.91 Å². The Kier molecular flexibility index (Phi) is 5.51. The summed E-state index contributed by atoms with van der Waals surface area (Å²) >= 11 is 0. The van der Waals surface area contributed by atoms with Crippen molar-refractivity contribution in [2.24, 2.45) is 11.8 Å². The third kappa shape index (κ3) is 4.20. The van der Waals surface area contributed by atoms with Crippen LogP contribution in [0.25, 0.3) is 0 Å². The second kappa shape index (κ2) is 7.99. The van der Waals surface area contributed by atoms with E-state index < -0.39 is 5.97 Å². The molecule has 0 radical (unpaired) electrons. The second-order valence-electron chi connectivity index (χ2n) is 6.64. The molecule has 0 spiro atoms. The summed E-state index contributed by atoms with van der Waals surface area (Å²) in [6, 6.07) is 10.9. The van der Waals surface area contributed by atoms with E-state index in [1.54, 1.807) is 35.5 Å². The molecule has 6 heteroatoms. The first kappa shape index (κ1) is 17.9. The lowest BCUT2D eigenvalue weighted by Crippen LogP contribution is -2.45. The van der Waals surface area contributed by atoms with Crippen LogP contribution in [0.1, 0.15) is 29.3 Å². The quantitative estimate of drug-likeness (QED) is 0.893. The predicted molar refractivity (Wildman–Crippen MR) is 95.8 cm³/mol. The summed E-state index contributed by atoms with van der Waals surface area (Å²) in [6.45, 7) is 3.18. The molecule has 6 nitrogen and oxygen atoms in total. The number of hydrogen-bond acceptors (Lipinski definition) is 4. The number of carbonyl (C=O) groups is 2. The van der Waals surface area contributed by atoms with Crippen LogP contribution in [0.15, 0.2) is 48.8 Å². The number of amides is 1. The molecule has 1 amide bonds. The van der Waals surface area contributed by atoms with Gasteiger partial charge in [0.2, 0.25) is 0 Å². The molecule has 1 fully saturated rings. The Morgan fingerprint density at radius 3 is 2.85 bits per heavy atom. The molecule has 1 N–H and O–H groups in total. The maximum absolute atomic E-state index is 12.8. The summed E-state index contributed by atoms with van der Waals surface area (Å²) in [5.41, 5.74) is 1.50. The highest BCUT2D eigenvalue weighted by Gasteiger charge is 2.33. The monoisotopic (exact) mass is 354 g/mol. The number of nitrogens with zero attached hydrogens (tertiary/aromatic N) is 2. The summed E-state index contributed by atoms with van der Waals surface area (Å²) in [5, 5.41) is 9.22. The predicted octanol–water partition coefficient (Wildman–Crippen LogP) is 2.84. The van der Waals surface area contributed by atoms with E-state index >= 15 is 0 Å². The molecule has 1 aromatic heterocycles. The maximum atomic E-state index is 12.8. The number of aliphatic carboxylic acids is 1. The van der Waals surface area contributed by atoms with Gasteiger partial charge < -0.3 is 14.7 Å². The van der Waals surface area contributed by atoms with E-state index in [0.717, 1.165) is 5.56 Å². The molecular weight excluding hydrogens is 332 g/mol. The first-order chi connectivity index (χ1) is 12.5. The van der Waals surface area contributed by atoms with Crippen molar-refractivity contribution in [2.45, 2.75) is 20.0 Å². The third-order valence-corrected chi connectivity index (χ3v) is 4.72. The van der Waals surface area contributed by atoms with Crippen molar-refractivity contribution in [2.75, 3.05) is 13.1 Å². The van der Waals surface area contributed by atoms with E-state index in [9.17, 15) is 14.7 Å². The molecule has 136 valence electrons. The minimum absolute atomic E-state index is 0.0600. The molecule has 2 aromatic rings. The second-order valence-corrected chi connectivity index (χ2v) is 6.64. The molecule has 2 unspecified atom stereocenters. The van der Waals surface area contributed by atoms with Crippen molar-refractivity contribution < 1.29 is 19.4 Å². The van der Waals surface area contributed by atoms with Crippen molar-refractivity contribution >= 4 is 11.9 Å². The number of ether oxygens (including phenoxy) is 1. The van der Waals surface area contributed by atoms with Crippen LogP contribution in [-0.4, -0.2) is 40.0 Å². The maximum Gasteiger partial charge on any atom is 0.306 e. The zero-order chi connectivity index (χ0) is 18.5. The van der Waals surface area contributed by atoms with Gasteiger partial charge in [0, 0.05) is 36.6 Å². The molecule has 26 heavy (non-hydrogen) atoms. The van der Waals surface area contributed by atoms with Crippen LogP contribution in [0.2, 0.25) is 0 Å². The van der Waals surface area contributed by atoms with Crippen molar-refractivity contribution in [1.29, 1.82) is 0 Å². The molecule has 0 bridgehead atoms. The number of hydrogen-bond donors (Lipinski definition) is 1. The fourth-order valence-electron chi connectivity index (χ4n) is 3.25. The normalized spacial score (nSPS) is 19.8. The Morgan fingerprint density at radius 1 is 1.31 bits per heavy atom. The van der Waals surface area contributed by atoms with Gasteiger partial charge in [-0.1, -0.05) is 19.1 Å². The standard InChI is InChI=1S/C20H22N2O4/c1-14-12-22(9-7-18(14)20(24)25)19(23)16-5-2-6-17(10-16)26-13-15-4-3-8-21-11-15/h2-6,8,10-11,14,18H,7,9,12-13H2,1H3,(H,24,25). The zero-order valence-electron chi connectivity index (χ0n) is 14.7. The first-order valence-corrected chi connectivity index (χ1v) is 8.68. The van der Waals surface area contributed by atoms with E-state index in [-0.39, 0.29) is 17.7 Å². The van der Waals surface area contributed by atoms with Crippen LogP contribution in [0, 0.1) is 11.8 Å². The molecule has 0 aliphatic carbocycles. The SMILES string of the molecule is CC1CN(C(=O)c2cccc(OCc3cccnc3)c2)CCC1C(=O)O. The fourth-order valence-corrected chi connectivity index (χ4v) is 3.25. The number of carboxylic acids is 1. The van der Waals surface area contributed by atoms with Crippen LogP contribution in [0.5, 0.6) is 5.75 Å². The van der Waals surface area contributed by atoms with Crippen LogP contribution in [0.4, 0.5) is 0 Å². The number of likely N-dealkylation sites (tertiary alicyclic amines) is 1. The average Bonchev–Trinajstić information content (AvgIpc) is 2.66. The van der Waals surface area contributed by atoms with Gasteiger partial charge in [0.05, 0.1) is 5.92 Å². The highest BCUT2D eigenvalue weighted by molar-refractivity contribution is 5.94. The van der Waals surface area contributed by atoms with E-state index in [2.05, 4.69) is 4.98 Å². The average molecular weight is 354 g/mol. The van der Waals surface area contributed by atoms with Crippen molar-refractivity contribution in [1.82, 2.24) is 9.88 Å². The van der Waals surface area contributed by atoms with Gasteiger partial charge in [-0.15, -0.1) is 0 Å². The smallest absolute Gasteiger partial charge is 0.306 e. The Balaban J connectivity index is 1.64. The van der Waals surface area contributed by atoms with Gasteiger partial charge in [-0.2, -0.15) is 0 Å². The number of carboxylic acid groups (broad SMARTS) is 1. The van der Waals surface area contributed by atoms with Gasteiger partial charge >= 0.3 is 5.97 Å². The molecule has 3 rings (SSSR count). The molecule has 2 atom stereocenters. The highest BCUT2D eigenvalue weighted by atomic mass is 16.5. The number of pyridine rings is 1. The summed E-state index contributed by atoms with van der Waals surface area (Å²) in [4.78, 5) is 29.8. The first-order valence-electron chi connectivity index (χ1n) is 8.68. The topological polar surface area (TPSA) is 79.7 Å². The fraction of sp³-hybridized carbons (Fsp3) is 0.350. The lowest BCUT2D eigenvalue weighted by atomic mass is 9.87. The van der Waals surface area contributed by atoms with Crippen LogP contribution in [-0.2, 0) is 11.4 Å². The molecule has 1 aromatic carbocycles. The molecule has 1 aliphatic rings. The largest absolute Gasteiger partial charge is 0.489 e. The van der Waals surface area contributed by atoms with E-state index in [1.165, 1.54) is 0 Å². The Bertz CT molecular complexity index is 778. The van der Waals surface area contributed by atoms with Gasteiger partial charge in [-0.25, -0.2) is 0 Å². The van der Waals surface area contributed by atoms with Gasteiger partial charge in [0.15, 0.2) is 0 Å².